The molecule has 1 nitrogen and oxygen atoms in total. The van der Waals surface area contributed by atoms with Crippen LogP contribution in [0.2, 0.25) is 0 Å². The van der Waals surface area contributed by atoms with Crippen LogP contribution in [-0.4, -0.2) is 13.8 Å². The van der Waals surface area contributed by atoms with Gasteiger partial charge in [-0.2, -0.15) is 0 Å². The topological polar surface area (TPSA) is 17.1 Å². The van der Waals surface area contributed by atoms with Crippen molar-refractivity contribution in [1.29, 1.82) is 0 Å². The quantitative estimate of drug-likeness (QED) is 0.620. The van der Waals surface area contributed by atoms with E-state index in [2.05, 4.69) is 26.0 Å². The van der Waals surface area contributed by atoms with Crippen LogP contribution < -0.4 is 0 Å². The van der Waals surface area contributed by atoms with Crippen molar-refractivity contribution in [3.05, 3.63) is 35.4 Å². The molecule has 0 fully saturated rings. The molecule has 1 aliphatic heterocycles. The summed E-state index contributed by atoms with van der Waals surface area (Å²) in [5, 5.41) is 0.823. The Hall–Kier alpha value is -0.461. The van der Waals surface area contributed by atoms with Crippen LogP contribution in [0.5, 0.6) is 0 Å². The SMILES string of the molecule is CC1(C)c2ccccc2C[Se]1=O. The van der Waals surface area contributed by atoms with Crippen LogP contribution >= 0.6 is 0 Å². The summed E-state index contributed by atoms with van der Waals surface area (Å²) in [6, 6.07) is 8.26. The summed E-state index contributed by atoms with van der Waals surface area (Å²) in [4.78, 5) is 0. The van der Waals surface area contributed by atoms with E-state index >= 15 is 0 Å². The molecular weight excluding hydrogens is 215 g/mol. The zero-order valence-corrected chi connectivity index (χ0v) is 9.05. The van der Waals surface area contributed by atoms with Crippen molar-refractivity contribution in [3.8, 4) is 0 Å². The zero-order valence-electron chi connectivity index (χ0n) is 7.33. The molecule has 2 rings (SSSR count). The first kappa shape index (κ1) is 8.15. The predicted octanol–water partition coefficient (Wildman–Crippen LogP) is 2.02. The summed E-state index contributed by atoms with van der Waals surface area (Å²) in [6.45, 7) is 4.19. The Morgan fingerprint density at radius 3 is 2.67 bits per heavy atom. The second-order valence-corrected chi connectivity index (χ2v) is 7.85. The Morgan fingerprint density at radius 1 is 1.33 bits per heavy atom. The molecule has 1 atom stereocenters. The van der Waals surface area contributed by atoms with E-state index in [4.69, 9.17) is 0 Å². The molecule has 0 bridgehead atoms. The normalized spacial score (nSPS) is 25.3. The van der Waals surface area contributed by atoms with Gasteiger partial charge in [-0.25, -0.2) is 0 Å². The second-order valence-electron chi connectivity index (χ2n) is 3.66. The third kappa shape index (κ3) is 0.988. The number of rotatable bonds is 0. The molecule has 0 radical (unpaired) electrons. The molecule has 1 aliphatic rings. The van der Waals surface area contributed by atoms with Crippen LogP contribution in [0.1, 0.15) is 25.0 Å². The molecule has 12 heavy (non-hydrogen) atoms. The summed E-state index contributed by atoms with van der Waals surface area (Å²) in [5.41, 5.74) is 2.59. The average molecular weight is 227 g/mol. The van der Waals surface area contributed by atoms with Gasteiger partial charge in [0.15, 0.2) is 0 Å². The van der Waals surface area contributed by atoms with Crippen LogP contribution in [0, 0.1) is 0 Å². The van der Waals surface area contributed by atoms with Crippen LogP contribution in [0.4, 0.5) is 0 Å². The molecule has 1 heterocycles. The van der Waals surface area contributed by atoms with Gasteiger partial charge in [-0.05, 0) is 0 Å². The minimum absolute atomic E-state index is 0.0450. The summed E-state index contributed by atoms with van der Waals surface area (Å²) >= 11 is -1.66. The van der Waals surface area contributed by atoms with Crippen molar-refractivity contribution in [1.82, 2.24) is 0 Å². The summed E-state index contributed by atoms with van der Waals surface area (Å²) in [5.74, 6) is 0. The molecule has 0 amide bonds. The number of hydrogen-bond acceptors (Lipinski definition) is 1. The molecule has 0 N–H and O–H groups in total. The van der Waals surface area contributed by atoms with Crippen molar-refractivity contribution in [3.63, 3.8) is 0 Å². The molecule has 0 saturated heterocycles. The Balaban J connectivity index is 2.63. The first-order chi connectivity index (χ1) is 5.62. The number of hydrogen-bond donors (Lipinski definition) is 0. The van der Waals surface area contributed by atoms with E-state index in [9.17, 15) is 3.83 Å². The van der Waals surface area contributed by atoms with Crippen molar-refractivity contribution in [2.45, 2.75) is 23.5 Å². The predicted molar refractivity (Wildman–Crippen MR) is 49.6 cm³/mol. The van der Waals surface area contributed by atoms with Gasteiger partial charge in [-0.15, -0.1) is 0 Å². The zero-order chi connectivity index (χ0) is 8.77. The summed E-state index contributed by atoms with van der Waals surface area (Å²) in [7, 11) is 0. The van der Waals surface area contributed by atoms with E-state index in [1.165, 1.54) is 11.1 Å². The van der Waals surface area contributed by atoms with Gasteiger partial charge in [0, 0.05) is 0 Å². The fourth-order valence-corrected chi connectivity index (χ4v) is 4.49. The second kappa shape index (κ2) is 2.51. The van der Waals surface area contributed by atoms with Crippen LogP contribution in [0.15, 0.2) is 24.3 Å². The van der Waals surface area contributed by atoms with E-state index in [1.807, 2.05) is 12.1 Å². The maximum atomic E-state index is 11.8. The van der Waals surface area contributed by atoms with Crippen molar-refractivity contribution >= 4 is 13.8 Å². The maximum absolute atomic E-state index is 11.8. The van der Waals surface area contributed by atoms with Gasteiger partial charge in [0.05, 0.1) is 0 Å². The van der Waals surface area contributed by atoms with Crippen molar-refractivity contribution < 1.29 is 3.83 Å². The average Bonchev–Trinajstić information content (AvgIpc) is 2.25. The number of fused-ring (bicyclic) bond motifs is 1. The molecule has 0 aromatic heterocycles. The van der Waals surface area contributed by atoms with Crippen molar-refractivity contribution in [2.75, 3.05) is 0 Å². The monoisotopic (exact) mass is 228 g/mol. The van der Waals surface area contributed by atoms with Gasteiger partial charge >= 0.3 is 76.5 Å². The summed E-state index contributed by atoms with van der Waals surface area (Å²) < 4.78 is 11.7. The van der Waals surface area contributed by atoms with E-state index in [-0.39, 0.29) is 4.31 Å². The fraction of sp³-hybridized carbons (Fsp3) is 0.400. The first-order valence-corrected chi connectivity index (χ1v) is 6.86. The summed E-state index contributed by atoms with van der Waals surface area (Å²) in [6.07, 6.45) is 0. The first-order valence-electron chi connectivity index (χ1n) is 4.09. The van der Waals surface area contributed by atoms with Gasteiger partial charge in [0.2, 0.25) is 0 Å². The Bertz CT molecular complexity index is 341. The van der Waals surface area contributed by atoms with E-state index in [0.29, 0.717) is 0 Å². The molecule has 64 valence electrons. The van der Waals surface area contributed by atoms with Gasteiger partial charge in [-0.3, -0.25) is 0 Å². The van der Waals surface area contributed by atoms with Gasteiger partial charge in [-0.1, -0.05) is 0 Å². The van der Waals surface area contributed by atoms with E-state index in [0.717, 1.165) is 5.32 Å². The van der Waals surface area contributed by atoms with E-state index < -0.39 is 13.8 Å². The molecule has 1 aromatic carbocycles. The molecule has 0 saturated carbocycles. The van der Waals surface area contributed by atoms with E-state index in [1.54, 1.807) is 0 Å². The Labute approximate surface area is 76.9 Å². The van der Waals surface area contributed by atoms with Gasteiger partial charge in [0.25, 0.3) is 0 Å². The van der Waals surface area contributed by atoms with Gasteiger partial charge < -0.3 is 0 Å². The molecule has 0 spiro atoms. The van der Waals surface area contributed by atoms with Gasteiger partial charge in [0.1, 0.15) is 0 Å². The third-order valence-electron chi connectivity index (χ3n) is 2.52. The fourth-order valence-electron chi connectivity index (χ4n) is 1.68. The van der Waals surface area contributed by atoms with Crippen molar-refractivity contribution in [2.24, 2.45) is 0 Å². The third-order valence-corrected chi connectivity index (χ3v) is 6.57. The minimum atomic E-state index is -1.66. The Morgan fingerprint density at radius 2 is 2.00 bits per heavy atom. The van der Waals surface area contributed by atoms with Crippen LogP contribution in [0.3, 0.4) is 0 Å². The molecular formula is C10H12OSe. The molecule has 1 unspecified atom stereocenters. The molecule has 0 aliphatic carbocycles. The number of benzene rings is 1. The molecule has 2 heteroatoms. The van der Waals surface area contributed by atoms with Crippen LogP contribution in [-0.2, 0) is 13.5 Å². The molecule has 1 aromatic rings. The Kier molecular flexibility index (Phi) is 1.71. The standard InChI is InChI=1S/C10H12OSe/c1-10(2)9-6-4-3-5-8(9)7-12(10)11/h3-6H,7H2,1-2H3. The van der Waals surface area contributed by atoms with Crippen LogP contribution in [0.25, 0.3) is 0 Å².